The van der Waals surface area contributed by atoms with Gasteiger partial charge in [0.05, 0.1) is 5.56 Å². The van der Waals surface area contributed by atoms with E-state index in [1.54, 1.807) is 23.2 Å². The van der Waals surface area contributed by atoms with Gasteiger partial charge in [-0.25, -0.2) is 8.78 Å². The molecule has 2 amide bonds. The van der Waals surface area contributed by atoms with Gasteiger partial charge in [-0.2, -0.15) is 0 Å². The minimum atomic E-state index is -0.976. The van der Waals surface area contributed by atoms with E-state index in [9.17, 15) is 18.4 Å². The van der Waals surface area contributed by atoms with Gasteiger partial charge in [-0.1, -0.05) is 0 Å². The van der Waals surface area contributed by atoms with Crippen LogP contribution in [-0.4, -0.2) is 41.3 Å². The number of benzene rings is 1. The molecular weight excluding hydrogens is 340 g/mol. The molecule has 2 aromatic rings. The van der Waals surface area contributed by atoms with Crippen molar-refractivity contribution in [2.75, 3.05) is 24.5 Å². The average Bonchev–Trinajstić information content (AvgIpc) is 3.20. The number of aromatic nitrogens is 1. The summed E-state index contributed by atoms with van der Waals surface area (Å²) < 4.78 is 26.7. The van der Waals surface area contributed by atoms with Crippen LogP contribution in [0.2, 0.25) is 0 Å². The maximum absolute atomic E-state index is 13.5. The Morgan fingerprint density at radius 3 is 2.73 bits per heavy atom. The van der Waals surface area contributed by atoms with Gasteiger partial charge in [0, 0.05) is 55.6 Å². The van der Waals surface area contributed by atoms with Crippen LogP contribution in [0.3, 0.4) is 0 Å². The molecule has 2 fully saturated rings. The third kappa shape index (κ3) is 2.83. The maximum Gasteiger partial charge on any atom is 0.255 e. The summed E-state index contributed by atoms with van der Waals surface area (Å²) >= 11 is 0. The Bertz CT molecular complexity index is 874. The molecule has 0 radical (unpaired) electrons. The van der Waals surface area contributed by atoms with Gasteiger partial charge < -0.3 is 9.80 Å². The first kappa shape index (κ1) is 16.6. The highest BCUT2D eigenvalue weighted by Crippen LogP contribution is 2.42. The summed E-state index contributed by atoms with van der Waals surface area (Å²) in [6.45, 7) is 1.42. The van der Waals surface area contributed by atoms with Crippen molar-refractivity contribution in [3.8, 4) is 0 Å². The third-order valence-electron chi connectivity index (χ3n) is 5.17. The van der Waals surface area contributed by atoms with E-state index in [1.165, 1.54) is 17.2 Å². The molecule has 2 aliphatic heterocycles. The molecule has 5 nitrogen and oxygen atoms in total. The Kier molecular flexibility index (Phi) is 3.94. The molecule has 7 heteroatoms. The molecule has 1 spiro atoms. The molecule has 4 rings (SSSR count). The molecule has 1 atom stereocenters. The fourth-order valence-electron chi connectivity index (χ4n) is 3.84. The van der Waals surface area contributed by atoms with Crippen LogP contribution in [0.5, 0.6) is 0 Å². The highest BCUT2D eigenvalue weighted by atomic mass is 19.2. The van der Waals surface area contributed by atoms with Crippen molar-refractivity contribution >= 4 is 17.5 Å². The molecule has 2 aliphatic rings. The molecule has 2 saturated heterocycles. The summed E-state index contributed by atoms with van der Waals surface area (Å²) in [7, 11) is 0. The number of pyridine rings is 1. The molecule has 1 aromatic heterocycles. The molecule has 0 aliphatic carbocycles. The van der Waals surface area contributed by atoms with Gasteiger partial charge in [0.2, 0.25) is 5.91 Å². The van der Waals surface area contributed by atoms with Gasteiger partial charge in [0.1, 0.15) is 0 Å². The van der Waals surface area contributed by atoms with Crippen LogP contribution in [0.25, 0.3) is 0 Å². The Morgan fingerprint density at radius 2 is 2.00 bits per heavy atom. The van der Waals surface area contributed by atoms with Crippen LogP contribution in [0.4, 0.5) is 14.5 Å². The number of likely N-dealkylation sites (tertiary alicyclic amines) is 1. The van der Waals surface area contributed by atoms with Crippen molar-refractivity contribution in [2.45, 2.75) is 12.8 Å². The van der Waals surface area contributed by atoms with Crippen molar-refractivity contribution in [3.63, 3.8) is 0 Å². The van der Waals surface area contributed by atoms with Gasteiger partial charge in [-0.15, -0.1) is 0 Å². The summed E-state index contributed by atoms with van der Waals surface area (Å²) in [6, 6.07) is 6.90. The minimum Gasteiger partial charge on any atom is -0.338 e. The van der Waals surface area contributed by atoms with E-state index in [0.717, 1.165) is 12.1 Å². The van der Waals surface area contributed by atoms with Gasteiger partial charge in [0.15, 0.2) is 11.6 Å². The summed E-state index contributed by atoms with van der Waals surface area (Å²) in [5.74, 6) is -2.15. The zero-order chi connectivity index (χ0) is 18.3. The molecule has 0 N–H and O–H groups in total. The summed E-state index contributed by atoms with van der Waals surface area (Å²) in [5, 5.41) is 0. The summed E-state index contributed by atoms with van der Waals surface area (Å²) in [6.07, 6.45) is 4.13. The van der Waals surface area contributed by atoms with E-state index in [0.29, 0.717) is 43.7 Å². The lowest BCUT2D eigenvalue weighted by molar-refractivity contribution is -0.117. The summed E-state index contributed by atoms with van der Waals surface area (Å²) in [5.41, 5.74) is 0.522. The van der Waals surface area contributed by atoms with Crippen LogP contribution < -0.4 is 4.90 Å². The maximum atomic E-state index is 13.5. The Morgan fingerprint density at radius 1 is 1.15 bits per heavy atom. The SMILES string of the molecule is O=C(c1cccnc1)N1CC[C@@]2(CC(=O)N(c3ccc(F)c(F)c3)C2)C1. The number of hydrogen-bond acceptors (Lipinski definition) is 3. The lowest BCUT2D eigenvalue weighted by atomic mass is 9.86. The fraction of sp³-hybridized carbons (Fsp3) is 0.316. The predicted octanol–water partition coefficient (Wildman–Crippen LogP) is 2.63. The number of carbonyl (C=O) groups excluding carboxylic acids is 2. The number of nitrogens with zero attached hydrogens (tertiary/aromatic N) is 3. The fourth-order valence-corrected chi connectivity index (χ4v) is 3.84. The highest BCUT2D eigenvalue weighted by Gasteiger charge is 2.49. The topological polar surface area (TPSA) is 53.5 Å². The lowest BCUT2D eigenvalue weighted by Crippen LogP contribution is -2.34. The Labute approximate surface area is 149 Å². The molecule has 1 aromatic carbocycles. The molecule has 3 heterocycles. The highest BCUT2D eigenvalue weighted by molar-refractivity contribution is 5.97. The van der Waals surface area contributed by atoms with Gasteiger partial charge in [-0.05, 0) is 30.7 Å². The number of halogens is 2. The van der Waals surface area contributed by atoms with Crippen molar-refractivity contribution in [3.05, 3.63) is 59.9 Å². The average molecular weight is 357 g/mol. The number of anilines is 1. The normalized spacial score (nSPS) is 22.5. The van der Waals surface area contributed by atoms with Crippen molar-refractivity contribution in [2.24, 2.45) is 5.41 Å². The summed E-state index contributed by atoms with van der Waals surface area (Å²) in [4.78, 5) is 32.3. The number of carbonyl (C=O) groups is 2. The van der Waals surface area contributed by atoms with Gasteiger partial charge in [-0.3, -0.25) is 14.6 Å². The van der Waals surface area contributed by atoms with Gasteiger partial charge >= 0.3 is 0 Å². The number of hydrogen-bond donors (Lipinski definition) is 0. The van der Waals surface area contributed by atoms with Crippen molar-refractivity contribution < 1.29 is 18.4 Å². The molecule has 134 valence electrons. The molecule has 0 bridgehead atoms. The second-order valence-electron chi connectivity index (χ2n) is 6.97. The zero-order valence-electron chi connectivity index (χ0n) is 14.0. The monoisotopic (exact) mass is 357 g/mol. The van der Waals surface area contributed by atoms with Crippen molar-refractivity contribution in [1.29, 1.82) is 0 Å². The van der Waals surface area contributed by atoms with E-state index in [1.807, 2.05) is 0 Å². The minimum absolute atomic E-state index is 0.103. The molecular formula is C19H17F2N3O2. The van der Waals surface area contributed by atoms with E-state index >= 15 is 0 Å². The molecule has 26 heavy (non-hydrogen) atoms. The lowest BCUT2D eigenvalue weighted by Gasteiger charge is -2.24. The second kappa shape index (κ2) is 6.16. The predicted molar refractivity (Wildman–Crippen MR) is 90.5 cm³/mol. The first-order chi connectivity index (χ1) is 12.5. The number of rotatable bonds is 2. The molecule has 0 unspecified atom stereocenters. The van der Waals surface area contributed by atoms with Crippen LogP contribution in [-0.2, 0) is 4.79 Å². The smallest absolute Gasteiger partial charge is 0.255 e. The number of amides is 2. The van der Waals surface area contributed by atoms with Crippen LogP contribution in [0.15, 0.2) is 42.7 Å². The first-order valence-corrected chi connectivity index (χ1v) is 8.42. The van der Waals surface area contributed by atoms with Crippen LogP contribution in [0, 0.1) is 17.0 Å². The Balaban J connectivity index is 1.51. The zero-order valence-corrected chi connectivity index (χ0v) is 14.0. The van der Waals surface area contributed by atoms with Crippen molar-refractivity contribution in [1.82, 2.24) is 9.88 Å². The van der Waals surface area contributed by atoms with E-state index < -0.39 is 11.6 Å². The third-order valence-corrected chi connectivity index (χ3v) is 5.17. The largest absolute Gasteiger partial charge is 0.338 e. The standard InChI is InChI=1S/C19H17F2N3O2/c20-15-4-3-14(8-16(15)21)24-12-19(9-17(24)25)5-7-23(11-19)18(26)13-2-1-6-22-10-13/h1-4,6,8,10H,5,7,9,11-12H2/t19-/m1/s1. The molecule has 0 saturated carbocycles. The van der Waals surface area contributed by atoms with Crippen LogP contribution in [0.1, 0.15) is 23.2 Å². The quantitative estimate of drug-likeness (QED) is 0.830. The van der Waals surface area contributed by atoms with E-state index in [2.05, 4.69) is 4.98 Å². The van der Waals surface area contributed by atoms with Gasteiger partial charge in [0.25, 0.3) is 5.91 Å². The Hall–Kier alpha value is -2.83. The van der Waals surface area contributed by atoms with E-state index in [-0.39, 0.29) is 17.2 Å². The van der Waals surface area contributed by atoms with E-state index in [4.69, 9.17) is 0 Å². The second-order valence-corrected chi connectivity index (χ2v) is 6.97. The first-order valence-electron chi connectivity index (χ1n) is 8.42. The van der Waals surface area contributed by atoms with Crippen LogP contribution >= 0.6 is 0 Å².